The van der Waals surface area contributed by atoms with Crippen LogP contribution >= 0.6 is 0 Å². The van der Waals surface area contributed by atoms with Crippen LogP contribution in [0, 0.1) is 17.7 Å². The second-order valence-electron chi connectivity index (χ2n) is 6.82. The van der Waals surface area contributed by atoms with Crippen molar-refractivity contribution in [1.29, 1.82) is 0 Å². The van der Waals surface area contributed by atoms with Crippen LogP contribution in [0.5, 0.6) is 0 Å². The number of benzene rings is 1. The zero-order valence-corrected chi connectivity index (χ0v) is 13.9. The van der Waals surface area contributed by atoms with Gasteiger partial charge < -0.3 is 4.90 Å². The highest BCUT2D eigenvalue weighted by Gasteiger charge is 2.25. The van der Waals surface area contributed by atoms with Crippen LogP contribution in [0.15, 0.2) is 36.8 Å². The van der Waals surface area contributed by atoms with Crippen molar-refractivity contribution in [3.63, 3.8) is 0 Å². The number of aromatic nitrogens is 4. The van der Waals surface area contributed by atoms with Gasteiger partial charge in [-0.05, 0) is 42.5 Å². The van der Waals surface area contributed by atoms with Crippen molar-refractivity contribution in [2.45, 2.75) is 20.3 Å². The van der Waals surface area contributed by atoms with Gasteiger partial charge in [-0.1, -0.05) is 13.8 Å². The first kappa shape index (κ1) is 15.1. The van der Waals surface area contributed by atoms with Gasteiger partial charge in [-0.2, -0.15) is 5.10 Å². The first-order chi connectivity index (χ1) is 11.6. The van der Waals surface area contributed by atoms with E-state index in [2.05, 4.69) is 33.8 Å². The summed E-state index contributed by atoms with van der Waals surface area (Å²) in [4.78, 5) is 11.3. The Morgan fingerprint density at radius 2 is 1.75 bits per heavy atom. The summed E-state index contributed by atoms with van der Waals surface area (Å²) in [5.41, 5.74) is 1.54. The monoisotopic (exact) mass is 325 g/mol. The third kappa shape index (κ3) is 2.62. The lowest BCUT2D eigenvalue weighted by atomic mass is 9.92. The number of rotatable bonds is 2. The first-order valence-corrected chi connectivity index (χ1v) is 8.31. The van der Waals surface area contributed by atoms with E-state index in [9.17, 15) is 4.39 Å². The Kier molecular flexibility index (Phi) is 3.67. The molecule has 0 unspecified atom stereocenters. The van der Waals surface area contributed by atoms with Gasteiger partial charge in [0.25, 0.3) is 0 Å². The summed E-state index contributed by atoms with van der Waals surface area (Å²) < 4.78 is 14.9. The molecule has 0 radical (unpaired) electrons. The Bertz CT molecular complexity index is 847. The van der Waals surface area contributed by atoms with Gasteiger partial charge in [-0.3, -0.25) is 0 Å². The number of anilines is 1. The van der Waals surface area contributed by atoms with Gasteiger partial charge in [0.05, 0.1) is 17.3 Å². The van der Waals surface area contributed by atoms with Crippen molar-refractivity contribution in [2.75, 3.05) is 18.0 Å². The molecule has 3 aromatic rings. The summed E-state index contributed by atoms with van der Waals surface area (Å²) in [7, 11) is 0. The van der Waals surface area contributed by atoms with E-state index in [0.717, 1.165) is 35.6 Å². The number of fused-ring (bicyclic) bond motifs is 1. The Labute approximate surface area is 140 Å². The minimum atomic E-state index is -0.262. The summed E-state index contributed by atoms with van der Waals surface area (Å²) in [5, 5.41) is 5.39. The first-order valence-electron chi connectivity index (χ1n) is 8.31. The fraction of sp³-hybridized carbons (Fsp3) is 0.389. The van der Waals surface area contributed by atoms with Crippen molar-refractivity contribution in [3.05, 3.63) is 42.6 Å². The van der Waals surface area contributed by atoms with E-state index < -0.39 is 0 Å². The van der Waals surface area contributed by atoms with Gasteiger partial charge in [0.1, 0.15) is 18.0 Å². The quantitative estimate of drug-likeness (QED) is 0.724. The molecule has 0 saturated carbocycles. The molecule has 3 heterocycles. The standard InChI is InChI=1S/C18H20FN5/c1-12-7-13(2)10-23(9-12)17-16-8-22-24(18(16)21-11-20-17)15-5-3-14(19)4-6-15/h3-6,8,11-13H,7,9-10H2,1-2H3/t12-,13+. The van der Waals surface area contributed by atoms with Crippen LogP contribution in [0.25, 0.3) is 16.7 Å². The highest BCUT2D eigenvalue weighted by atomic mass is 19.1. The van der Waals surface area contributed by atoms with Crippen molar-refractivity contribution in [3.8, 4) is 5.69 Å². The van der Waals surface area contributed by atoms with Crippen molar-refractivity contribution in [1.82, 2.24) is 19.7 Å². The molecule has 0 spiro atoms. The van der Waals surface area contributed by atoms with E-state index in [1.54, 1.807) is 29.3 Å². The molecule has 6 heteroatoms. The topological polar surface area (TPSA) is 46.8 Å². The number of nitrogens with zero attached hydrogens (tertiary/aromatic N) is 5. The lowest BCUT2D eigenvalue weighted by Crippen LogP contribution is -2.39. The predicted octanol–water partition coefficient (Wildman–Crippen LogP) is 3.44. The van der Waals surface area contributed by atoms with Gasteiger partial charge in [-0.25, -0.2) is 19.0 Å². The highest BCUT2D eigenvalue weighted by Crippen LogP contribution is 2.30. The third-order valence-corrected chi connectivity index (χ3v) is 4.58. The average Bonchev–Trinajstić information content (AvgIpc) is 2.98. The average molecular weight is 325 g/mol. The maximum absolute atomic E-state index is 13.2. The molecule has 0 N–H and O–H groups in total. The number of piperidine rings is 1. The molecule has 1 aliphatic rings. The Morgan fingerprint density at radius 3 is 2.46 bits per heavy atom. The van der Waals surface area contributed by atoms with Gasteiger partial charge in [0.15, 0.2) is 5.65 Å². The SMILES string of the molecule is C[C@@H]1C[C@H](C)CN(c2ncnc3c2cnn3-c2ccc(F)cc2)C1. The van der Waals surface area contributed by atoms with Gasteiger partial charge in [-0.15, -0.1) is 0 Å². The zero-order chi connectivity index (χ0) is 16.7. The second kappa shape index (κ2) is 5.85. The van der Waals surface area contributed by atoms with Gasteiger partial charge >= 0.3 is 0 Å². The van der Waals surface area contributed by atoms with Crippen LogP contribution in [0.4, 0.5) is 10.2 Å². The Morgan fingerprint density at radius 1 is 1.04 bits per heavy atom. The fourth-order valence-corrected chi connectivity index (χ4v) is 3.69. The van der Waals surface area contributed by atoms with Crippen LogP contribution in [0.2, 0.25) is 0 Å². The van der Waals surface area contributed by atoms with Crippen molar-refractivity contribution < 1.29 is 4.39 Å². The van der Waals surface area contributed by atoms with Gasteiger partial charge in [0, 0.05) is 13.1 Å². The minimum Gasteiger partial charge on any atom is -0.355 e. The summed E-state index contributed by atoms with van der Waals surface area (Å²) in [6.45, 7) is 6.56. The molecule has 24 heavy (non-hydrogen) atoms. The summed E-state index contributed by atoms with van der Waals surface area (Å²) in [6.07, 6.45) is 4.64. The molecule has 2 aromatic heterocycles. The second-order valence-corrected chi connectivity index (χ2v) is 6.82. The number of halogens is 1. The maximum atomic E-state index is 13.2. The van der Waals surface area contributed by atoms with E-state index in [1.807, 2.05) is 0 Å². The van der Waals surface area contributed by atoms with Crippen molar-refractivity contribution >= 4 is 16.9 Å². The lowest BCUT2D eigenvalue weighted by molar-refractivity contribution is 0.356. The molecular formula is C18H20FN5. The zero-order valence-electron chi connectivity index (χ0n) is 13.9. The molecule has 2 atom stereocenters. The smallest absolute Gasteiger partial charge is 0.168 e. The molecule has 5 nitrogen and oxygen atoms in total. The molecule has 1 aliphatic heterocycles. The molecule has 0 amide bonds. The van der Waals surface area contributed by atoms with Crippen LogP contribution in [0.3, 0.4) is 0 Å². The molecular weight excluding hydrogens is 305 g/mol. The van der Waals surface area contributed by atoms with E-state index in [0.29, 0.717) is 11.8 Å². The number of hydrogen-bond donors (Lipinski definition) is 0. The summed E-state index contributed by atoms with van der Waals surface area (Å²) in [5.74, 6) is 1.96. The molecule has 0 bridgehead atoms. The molecule has 0 aliphatic carbocycles. The Hall–Kier alpha value is -2.50. The Balaban J connectivity index is 1.78. The van der Waals surface area contributed by atoms with Crippen LogP contribution in [-0.2, 0) is 0 Å². The maximum Gasteiger partial charge on any atom is 0.168 e. The molecule has 1 saturated heterocycles. The minimum absolute atomic E-state index is 0.262. The lowest BCUT2D eigenvalue weighted by Gasteiger charge is -2.35. The molecule has 4 rings (SSSR count). The molecule has 1 fully saturated rings. The molecule has 1 aromatic carbocycles. The predicted molar refractivity (Wildman–Crippen MR) is 91.8 cm³/mol. The third-order valence-electron chi connectivity index (χ3n) is 4.58. The van der Waals surface area contributed by atoms with Crippen molar-refractivity contribution in [2.24, 2.45) is 11.8 Å². The summed E-state index contributed by atoms with van der Waals surface area (Å²) in [6, 6.07) is 6.26. The largest absolute Gasteiger partial charge is 0.355 e. The fourth-order valence-electron chi connectivity index (χ4n) is 3.69. The van der Waals surface area contributed by atoms with Crippen LogP contribution < -0.4 is 4.90 Å². The van der Waals surface area contributed by atoms with Crippen LogP contribution in [0.1, 0.15) is 20.3 Å². The van der Waals surface area contributed by atoms with E-state index in [-0.39, 0.29) is 5.82 Å². The summed E-state index contributed by atoms with van der Waals surface area (Å²) >= 11 is 0. The number of hydrogen-bond acceptors (Lipinski definition) is 4. The normalized spacial score (nSPS) is 21.4. The van der Waals surface area contributed by atoms with Gasteiger partial charge in [0.2, 0.25) is 0 Å². The van der Waals surface area contributed by atoms with E-state index >= 15 is 0 Å². The highest BCUT2D eigenvalue weighted by molar-refractivity contribution is 5.87. The van der Waals surface area contributed by atoms with Crippen LogP contribution in [-0.4, -0.2) is 32.8 Å². The van der Waals surface area contributed by atoms with E-state index in [4.69, 9.17) is 0 Å². The van der Waals surface area contributed by atoms with E-state index in [1.165, 1.54) is 18.6 Å². The molecule has 124 valence electrons.